The van der Waals surface area contributed by atoms with Crippen LogP contribution in [0.4, 0.5) is 8.78 Å². The van der Waals surface area contributed by atoms with Crippen molar-refractivity contribution in [2.24, 2.45) is 0 Å². The van der Waals surface area contributed by atoms with Crippen LogP contribution in [0.15, 0.2) is 24.3 Å². The molecule has 14 heavy (non-hydrogen) atoms. The first-order valence-corrected chi connectivity index (χ1v) is 4.36. The lowest BCUT2D eigenvalue weighted by Gasteiger charge is -2.05. The molecule has 0 heterocycles. The Kier molecular flexibility index (Phi) is 4.21. The normalized spacial score (nSPS) is 9.43. The number of ether oxygens (including phenoxy) is 1. The van der Waals surface area contributed by atoms with Gasteiger partial charge < -0.3 is 4.74 Å². The number of rotatable bonds is 2. The number of halogens is 3. The number of benzene rings is 1. The molecule has 0 saturated carbocycles. The fourth-order valence-corrected chi connectivity index (χ4v) is 0.964. The highest BCUT2D eigenvalue weighted by Crippen LogP contribution is 2.18. The first-order valence-electron chi connectivity index (χ1n) is 3.82. The van der Waals surface area contributed by atoms with Gasteiger partial charge in [-0.25, -0.2) is 0 Å². The molecule has 4 heteroatoms. The van der Waals surface area contributed by atoms with Gasteiger partial charge in [0.2, 0.25) is 0 Å². The summed E-state index contributed by atoms with van der Waals surface area (Å²) in [7, 11) is 0. The smallest absolute Gasteiger partial charge is 0.387 e. The van der Waals surface area contributed by atoms with Crippen molar-refractivity contribution in [3.63, 3.8) is 0 Å². The quantitative estimate of drug-likeness (QED) is 0.546. The zero-order chi connectivity index (χ0) is 10.4. The van der Waals surface area contributed by atoms with Gasteiger partial charge in [-0.3, -0.25) is 0 Å². The zero-order valence-electron chi connectivity index (χ0n) is 7.14. The second kappa shape index (κ2) is 5.46. The molecule has 1 aromatic carbocycles. The molecule has 0 fully saturated rings. The summed E-state index contributed by atoms with van der Waals surface area (Å²) in [5.41, 5.74) is 0.411. The monoisotopic (exact) mass is 216 g/mol. The van der Waals surface area contributed by atoms with Crippen LogP contribution in [0, 0.1) is 11.8 Å². The van der Waals surface area contributed by atoms with E-state index in [4.69, 9.17) is 11.6 Å². The molecule has 0 saturated heterocycles. The average Bonchev–Trinajstić information content (AvgIpc) is 2.16. The molecule has 0 unspecified atom stereocenters. The van der Waals surface area contributed by atoms with Crippen molar-refractivity contribution in [3.05, 3.63) is 29.8 Å². The van der Waals surface area contributed by atoms with Crippen molar-refractivity contribution >= 4 is 11.6 Å². The standard InChI is InChI=1S/C10H7ClF2O/c11-7-3-5-8-4-1-2-6-9(8)14-10(12)13/h1-2,4,6,10H,7H2. The average molecular weight is 217 g/mol. The number of alkyl halides is 3. The van der Waals surface area contributed by atoms with Gasteiger partial charge in [0.15, 0.2) is 0 Å². The van der Waals surface area contributed by atoms with E-state index in [1.807, 2.05) is 0 Å². The summed E-state index contributed by atoms with van der Waals surface area (Å²) in [5.74, 6) is 5.42. The van der Waals surface area contributed by atoms with Crippen LogP contribution in [0.5, 0.6) is 5.75 Å². The van der Waals surface area contributed by atoms with Crippen molar-refractivity contribution < 1.29 is 13.5 Å². The summed E-state index contributed by atoms with van der Waals surface area (Å²) in [6.45, 7) is -2.84. The van der Waals surface area contributed by atoms with E-state index >= 15 is 0 Å². The highest BCUT2D eigenvalue weighted by Gasteiger charge is 2.06. The minimum absolute atomic E-state index is 0.0696. The highest BCUT2D eigenvalue weighted by molar-refractivity contribution is 6.19. The summed E-state index contributed by atoms with van der Waals surface area (Å²) in [5, 5.41) is 0. The third-order valence-electron chi connectivity index (χ3n) is 1.39. The molecule has 0 bridgehead atoms. The maximum Gasteiger partial charge on any atom is 0.387 e. The molecule has 0 aliphatic carbocycles. The topological polar surface area (TPSA) is 9.23 Å². The van der Waals surface area contributed by atoms with E-state index in [0.717, 1.165) is 0 Å². The number of hydrogen-bond donors (Lipinski definition) is 0. The van der Waals surface area contributed by atoms with Crippen LogP contribution >= 0.6 is 11.6 Å². The van der Waals surface area contributed by atoms with Gasteiger partial charge in [-0.2, -0.15) is 8.78 Å². The van der Waals surface area contributed by atoms with Crippen LogP contribution in [-0.2, 0) is 0 Å². The first-order chi connectivity index (χ1) is 6.74. The third-order valence-corrected chi connectivity index (χ3v) is 1.53. The molecule has 0 atom stereocenters. The van der Waals surface area contributed by atoms with Gasteiger partial charge >= 0.3 is 6.61 Å². The lowest BCUT2D eigenvalue weighted by Crippen LogP contribution is -2.03. The second-order valence-electron chi connectivity index (χ2n) is 2.31. The Bertz CT molecular complexity index is 355. The van der Waals surface area contributed by atoms with Crippen molar-refractivity contribution in [1.29, 1.82) is 0 Å². The molecular weight excluding hydrogens is 210 g/mol. The fourth-order valence-electron chi connectivity index (χ4n) is 0.897. The van der Waals surface area contributed by atoms with E-state index in [1.54, 1.807) is 18.2 Å². The van der Waals surface area contributed by atoms with E-state index in [1.165, 1.54) is 6.07 Å². The van der Waals surface area contributed by atoms with Crippen LogP contribution < -0.4 is 4.74 Å². The lowest BCUT2D eigenvalue weighted by atomic mass is 10.2. The summed E-state index contributed by atoms with van der Waals surface area (Å²) >= 11 is 5.35. The molecule has 1 nitrogen and oxygen atoms in total. The molecule has 0 amide bonds. The Balaban J connectivity index is 2.91. The van der Waals surface area contributed by atoms with Gasteiger partial charge in [-0.15, -0.1) is 11.6 Å². The van der Waals surface area contributed by atoms with Crippen molar-refractivity contribution in [2.75, 3.05) is 5.88 Å². The van der Waals surface area contributed by atoms with Crippen LogP contribution in [0.25, 0.3) is 0 Å². The van der Waals surface area contributed by atoms with E-state index in [-0.39, 0.29) is 11.6 Å². The van der Waals surface area contributed by atoms with Crippen molar-refractivity contribution in [1.82, 2.24) is 0 Å². The van der Waals surface area contributed by atoms with Gasteiger partial charge in [0.25, 0.3) is 0 Å². The Morgan fingerprint density at radius 2 is 2.07 bits per heavy atom. The number of para-hydroxylation sites is 1. The molecule has 0 spiro atoms. The lowest BCUT2D eigenvalue weighted by molar-refractivity contribution is -0.0500. The zero-order valence-corrected chi connectivity index (χ0v) is 7.89. The predicted octanol–water partition coefficient (Wildman–Crippen LogP) is 2.88. The van der Waals surface area contributed by atoms with Crippen molar-refractivity contribution in [3.8, 4) is 17.6 Å². The summed E-state index contributed by atoms with van der Waals surface area (Å²) < 4.78 is 28.1. The minimum atomic E-state index is -2.84. The Morgan fingerprint density at radius 3 is 2.71 bits per heavy atom. The van der Waals surface area contributed by atoms with Gasteiger partial charge in [0.1, 0.15) is 5.75 Å². The fraction of sp³-hybridized carbons (Fsp3) is 0.200. The molecule has 0 radical (unpaired) electrons. The van der Waals surface area contributed by atoms with Gasteiger partial charge in [-0.1, -0.05) is 24.0 Å². The van der Waals surface area contributed by atoms with E-state index in [0.29, 0.717) is 5.56 Å². The summed E-state index contributed by atoms with van der Waals surface area (Å²) in [6.07, 6.45) is 0. The summed E-state index contributed by atoms with van der Waals surface area (Å²) in [6, 6.07) is 6.32. The first kappa shape index (κ1) is 10.8. The molecule has 0 aliphatic heterocycles. The van der Waals surface area contributed by atoms with Crippen LogP contribution in [0.2, 0.25) is 0 Å². The predicted molar refractivity (Wildman–Crippen MR) is 50.7 cm³/mol. The van der Waals surface area contributed by atoms with E-state index < -0.39 is 6.61 Å². The van der Waals surface area contributed by atoms with E-state index in [9.17, 15) is 8.78 Å². The van der Waals surface area contributed by atoms with Crippen LogP contribution in [0.1, 0.15) is 5.56 Å². The molecule has 1 rings (SSSR count). The highest BCUT2D eigenvalue weighted by atomic mass is 35.5. The molecule has 1 aromatic rings. The minimum Gasteiger partial charge on any atom is -0.434 e. The van der Waals surface area contributed by atoms with Crippen LogP contribution in [-0.4, -0.2) is 12.5 Å². The van der Waals surface area contributed by atoms with Gasteiger partial charge in [0.05, 0.1) is 11.4 Å². The molecule has 0 N–H and O–H groups in total. The Morgan fingerprint density at radius 1 is 1.36 bits per heavy atom. The maximum atomic E-state index is 11.9. The van der Waals surface area contributed by atoms with E-state index in [2.05, 4.69) is 16.6 Å². The Labute approximate surface area is 85.6 Å². The molecule has 0 aliphatic rings. The largest absolute Gasteiger partial charge is 0.434 e. The van der Waals surface area contributed by atoms with Crippen molar-refractivity contribution in [2.45, 2.75) is 6.61 Å². The van der Waals surface area contributed by atoms with Crippen LogP contribution in [0.3, 0.4) is 0 Å². The SMILES string of the molecule is FC(F)Oc1ccccc1C#CCCl. The second-order valence-corrected chi connectivity index (χ2v) is 2.58. The molecule has 74 valence electrons. The third kappa shape index (κ3) is 3.23. The number of hydrogen-bond acceptors (Lipinski definition) is 1. The van der Waals surface area contributed by atoms with Gasteiger partial charge in [0, 0.05) is 0 Å². The maximum absolute atomic E-state index is 11.9. The summed E-state index contributed by atoms with van der Waals surface area (Å²) in [4.78, 5) is 0. The Hall–Kier alpha value is -1.27. The molecular formula is C10H7ClF2O. The molecule has 0 aromatic heterocycles. The van der Waals surface area contributed by atoms with Gasteiger partial charge in [-0.05, 0) is 12.1 Å².